The molecule has 1 saturated carbocycles. The normalized spacial score (nSPS) is 15.9. The molecule has 0 saturated heterocycles. The Bertz CT molecular complexity index is 628. The van der Waals surface area contributed by atoms with Gasteiger partial charge in [0.05, 0.1) is 12.1 Å². The van der Waals surface area contributed by atoms with E-state index in [0.717, 1.165) is 34.2 Å². The summed E-state index contributed by atoms with van der Waals surface area (Å²) >= 11 is 9.58. The van der Waals surface area contributed by atoms with Crippen LogP contribution in [0.25, 0.3) is 0 Å². The van der Waals surface area contributed by atoms with E-state index in [9.17, 15) is 0 Å². The second-order valence-electron chi connectivity index (χ2n) is 5.03. The molecule has 104 valence electrons. The van der Waals surface area contributed by atoms with Crippen molar-refractivity contribution in [2.45, 2.75) is 25.0 Å². The Hall–Kier alpha value is -1.03. The zero-order chi connectivity index (χ0) is 14.1. The first-order valence-corrected chi connectivity index (χ1v) is 7.78. The molecule has 3 rings (SSSR count). The van der Waals surface area contributed by atoms with E-state index >= 15 is 0 Å². The molecule has 0 heterocycles. The molecule has 0 amide bonds. The van der Waals surface area contributed by atoms with Crippen LogP contribution < -0.4 is 10.5 Å². The molecule has 2 aromatic rings. The lowest BCUT2D eigenvalue weighted by molar-refractivity contribution is 0.303. The molecule has 0 aromatic heterocycles. The number of hydrogen-bond acceptors (Lipinski definition) is 2. The molecule has 0 spiro atoms. The summed E-state index contributed by atoms with van der Waals surface area (Å²) in [6.45, 7) is 0. The third-order valence-corrected chi connectivity index (χ3v) is 4.29. The van der Waals surface area contributed by atoms with Crippen molar-refractivity contribution in [3.05, 3.63) is 63.1 Å². The molecule has 2 N–H and O–H groups in total. The molecule has 1 atom stereocenters. The van der Waals surface area contributed by atoms with Crippen LogP contribution >= 0.6 is 27.5 Å². The first kappa shape index (κ1) is 13.9. The average Bonchev–Trinajstić information content (AvgIpc) is 3.25. The number of halogens is 2. The Morgan fingerprint density at radius 2 is 2.00 bits per heavy atom. The topological polar surface area (TPSA) is 35.2 Å². The molecule has 4 heteroatoms. The fraction of sp³-hybridized carbons (Fsp3) is 0.250. The summed E-state index contributed by atoms with van der Waals surface area (Å²) < 4.78 is 6.77. The Kier molecular flexibility index (Phi) is 4.01. The maximum Gasteiger partial charge on any atom is 0.120 e. The monoisotopic (exact) mass is 351 g/mol. The smallest absolute Gasteiger partial charge is 0.120 e. The zero-order valence-corrected chi connectivity index (χ0v) is 13.2. The lowest BCUT2D eigenvalue weighted by Crippen LogP contribution is -2.12. The minimum absolute atomic E-state index is 0.231. The standard InChI is InChI=1S/C16H15BrClNO/c17-15-7-4-11(18)9-14(15)16(19)10-2-1-3-13(8-10)20-12-5-6-12/h1-4,7-9,12,16H,5-6,19H2. The zero-order valence-electron chi connectivity index (χ0n) is 10.9. The van der Waals surface area contributed by atoms with Gasteiger partial charge in [-0.25, -0.2) is 0 Å². The molecule has 0 bridgehead atoms. The van der Waals surface area contributed by atoms with Crippen molar-refractivity contribution in [2.75, 3.05) is 0 Å². The first-order chi connectivity index (χ1) is 9.63. The van der Waals surface area contributed by atoms with Gasteiger partial charge in [-0.2, -0.15) is 0 Å². The van der Waals surface area contributed by atoms with Crippen LogP contribution in [-0.2, 0) is 0 Å². The Morgan fingerprint density at radius 1 is 1.20 bits per heavy atom. The van der Waals surface area contributed by atoms with Crippen LogP contribution in [0.15, 0.2) is 46.9 Å². The molecule has 0 radical (unpaired) electrons. The molecular formula is C16H15BrClNO. The van der Waals surface area contributed by atoms with Crippen LogP contribution in [0.1, 0.15) is 30.0 Å². The van der Waals surface area contributed by atoms with E-state index in [4.69, 9.17) is 22.1 Å². The highest BCUT2D eigenvalue weighted by Gasteiger charge is 2.23. The number of nitrogens with two attached hydrogens (primary N) is 1. The largest absolute Gasteiger partial charge is 0.490 e. The van der Waals surface area contributed by atoms with Crippen molar-refractivity contribution < 1.29 is 4.74 Å². The highest BCUT2D eigenvalue weighted by Crippen LogP contribution is 2.32. The molecule has 1 aliphatic carbocycles. The minimum Gasteiger partial charge on any atom is -0.490 e. The van der Waals surface area contributed by atoms with E-state index in [2.05, 4.69) is 15.9 Å². The van der Waals surface area contributed by atoms with Crippen LogP contribution in [0.2, 0.25) is 5.02 Å². The van der Waals surface area contributed by atoms with Crippen molar-refractivity contribution in [2.24, 2.45) is 5.73 Å². The van der Waals surface area contributed by atoms with Gasteiger partial charge in [0, 0.05) is 9.50 Å². The fourth-order valence-electron chi connectivity index (χ4n) is 2.09. The fourth-order valence-corrected chi connectivity index (χ4v) is 2.77. The number of benzene rings is 2. The minimum atomic E-state index is -0.231. The van der Waals surface area contributed by atoms with E-state index in [0.29, 0.717) is 11.1 Å². The molecule has 0 aliphatic heterocycles. The maximum atomic E-state index is 6.36. The molecule has 1 unspecified atom stereocenters. The Balaban J connectivity index is 1.88. The van der Waals surface area contributed by atoms with Crippen LogP contribution in [0, 0.1) is 0 Å². The molecular weight excluding hydrogens is 338 g/mol. The lowest BCUT2D eigenvalue weighted by Gasteiger charge is -2.16. The van der Waals surface area contributed by atoms with E-state index in [-0.39, 0.29) is 6.04 Å². The quantitative estimate of drug-likeness (QED) is 0.866. The molecule has 20 heavy (non-hydrogen) atoms. The van der Waals surface area contributed by atoms with Gasteiger partial charge in [0.1, 0.15) is 5.75 Å². The number of rotatable bonds is 4. The van der Waals surface area contributed by atoms with Crippen LogP contribution in [0.3, 0.4) is 0 Å². The van der Waals surface area contributed by atoms with Gasteiger partial charge in [0.15, 0.2) is 0 Å². The van der Waals surface area contributed by atoms with Gasteiger partial charge in [-0.1, -0.05) is 39.7 Å². The highest BCUT2D eigenvalue weighted by atomic mass is 79.9. The van der Waals surface area contributed by atoms with Gasteiger partial charge in [-0.3, -0.25) is 0 Å². The van der Waals surface area contributed by atoms with Gasteiger partial charge in [-0.15, -0.1) is 0 Å². The summed E-state index contributed by atoms with van der Waals surface area (Å²) in [5, 5.41) is 0.684. The summed E-state index contributed by atoms with van der Waals surface area (Å²) in [4.78, 5) is 0. The van der Waals surface area contributed by atoms with E-state index in [1.54, 1.807) is 0 Å². The second-order valence-corrected chi connectivity index (χ2v) is 6.32. The van der Waals surface area contributed by atoms with Gasteiger partial charge < -0.3 is 10.5 Å². The van der Waals surface area contributed by atoms with Crippen molar-refractivity contribution in [3.8, 4) is 5.75 Å². The summed E-state index contributed by atoms with van der Waals surface area (Å²) in [5.74, 6) is 0.888. The first-order valence-electron chi connectivity index (χ1n) is 6.60. The van der Waals surface area contributed by atoms with Gasteiger partial charge >= 0.3 is 0 Å². The molecule has 2 aromatic carbocycles. The molecule has 1 fully saturated rings. The van der Waals surface area contributed by atoms with Crippen LogP contribution in [0.4, 0.5) is 0 Å². The predicted octanol–water partition coefficient (Wildman–Crippen LogP) is 4.69. The van der Waals surface area contributed by atoms with Crippen molar-refractivity contribution >= 4 is 27.5 Å². The van der Waals surface area contributed by atoms with Gasteiger partial charge in [0.25, 0.3) is 0 Å². The summed E-state index contributed by atoms with van der Waals surface area (Å²) in [7, 11) is 0. The van der Waals surface area contributed by atoms with Crippen LogP contribution in [0.5, 0.6) is 5.75 Å². The number of hydrogen-bond donors (Lipinski definition) is 1. The maximum absolute atomic E-state index is 6.36. The third-order valence-electron chi connectivity index (χ3n) is 3.34. The number of ether oxygens (including phenoxy) is 1. The van der Waals surface area contributed by atoms with Crippen molar-refractivity contribution in [1.82, 2.24) is 0 Å². The molecule has 1 aliphatic rings. The van der Waals surface area contributed by atoms with Crippen molar-refractivity contribution in [1.29, 1.82) is 0 Å². The predicted molar refractivity (Wildman–Crippen MR) is 85.3 cm³/mol. The van der Waals surface area contributed by atoms with E-state index in [1.807, 2.05) is 42.5 Å². The lowest BCUT2D eigenvalue weighted by atomic mass is 9.99. The third kappa shape index (κ3) is 3.17. The Labute approximate surface area is 132 Å². The molecule has 2 nitrogen and oxygen atoms in total. The van der Waals surface area contributed by atoms with Crippen molar-refractivity contribution in [3.63, 3.8) is 0 Å². The van der Waals surface area contributed by atoms with Gasteiger partial charge in [-0.05, 0) is 54.3 Å². The SMILES string of the molecule is NC(c1cccc(OC2CC2)c1)c1cc(Cl)ccc1Br. The van der Waals surface area contributed by atoms with E-state index in [1.165, 1.54) is 0 Å². The van der Waals surface area contributed by atoms with Gasteiger partial charge in [0.2, 0.25) is 0 Å². The highest BCUT2D eigenvalue weighted by molar-refractivity contribution is 9.10. The second kappa shape index (κ2) is 5.76. The van der Waals surface area contributed by atoms with E-state index < -0.39 is 0 Å². The Morgan fingerprint density at radius 3 is 2.75 bits per heavy atom. The summed E-state index contributed by atoms with van der Waals surface area (Å²) in [6, 6.07) is 13.4. The van der Waals surface area contributed by atoms with Crippen LogP contribution in [-0.4, -0.2) is 6.10 Å². The summed E-state index contributed by atoms with van der Waals surface area (Å²) in [6.07, 6.45) is 2.69. The average molecular weight is 353 g/mol. The summed E-state index contributed by atoms with van der Waals surface area (Å²) in [5.41, 5.74) is 8.35.